The summed E-state index contributed by atoms with van der Waals surface area (Å²) in [4.78, 5) is 12.1. The topological polar surface area (TPSA) is 67.6 Å². The summed E-state index contributed by atoms with van der Waals surface area (Å²) in [6.45, 7) is 2.04. The molecule has 1 aromatic carbocycles. The van der Waals surface area contributed by atoms with Gasteiger partial charge >= 0.3 is 0 Å². The highest BCUT2D eigenvalue weighted by Crippen LogP contribution is 2.19. The van der Waals surface area contributed by atoms with Crippen molar-refractivity contribution in [3.8, 4) is 0 Å². The van der Waals surface area contributed by atoms with Crippen molar-refractivity contribution in [3.05, 3.63) is 59.5 Å². The van der Waals surface area contributed by atoms with Crippen LogP contribution < -0.4 is 5.73 Å². The second-order valence-electron chi connectivity index (χ2n) is 5.08. The lowest BCUT2D eigenvalue weighted by atomic mass is 10.1. The van der Waals surface area contributed by atoms with Gasteiger partial charge in [0.1, 0.15) is 5.82 Å². The first-order chi connectivity index (χ1) is 9.74. The summed E-state index contributed by atoms with van der Waals surface area (Å²) in [7, 11) is 0. The van der Waals surface area contributed by atoms with Gasteiger partial charge in [0.2, 0.25) is 0 Å². The molecular weight excluding hydrogens is 248 g/mol. The molecule has 3 rings (SSSR count). The molecule has 0 fully saturated rings. The molecule has 1 unspecified atom stereocenters. The van der Waals surface area contributed by atoms with Gasteiger partial charge < -0.3 is 10.7 Å². The molecule has 3 aromatic rings. The predicted octanol–water partition coefficient (Wildman–Crippen LogP) is 2.90. The lowest BCUT2D eigenvalue weighted by Crippen LogP contribution is -2.13. The molecule has 1 atom stereocenters. The number of aromatic nitrogens is 3. The summed E-state index contributed by atoms with van der Waals surface area (Å²) in [6.07, 6.45) is 3.59. The highest BCUT2D eigenvalue weighted by molar-refractivity contribution is 5.74. The van der Waals surface area contributed by atoms with Crippen molar-refractivity contribution in [2.45, 2.75) is 25.8 Å². The number of aromatic amines is 1. The molecular formula is C16H18N4. The van der Waals surface area contributed by atoms with Crippen LogP contribution in [0.5, 0.6) is 0 Å². The number of pyridine rings is 1. The van der Waals surface area contributed by atoms with Gasteiger partial charge in [-0.3, -0.25) is 0 Å². The molecule has 3 N–H and O–H groups in total. The Morgan fingerprint density at radius 2 is 2.00 bits per heavy atom. The summed E-state index contributed by atoms with van der Waals surface area (Å²) < 4.78 is 0. The van der Waals surface area contributed by atoms with Gasteiger partial charge in [-0.2, -0.15) is 0 Å². The van der Waals surface area contributed by atoms with Crippen LogP contribution in [0, 0.1) is 6.92 Å². The highest BCUT2D eigenvalue weighted by Gasteiger charge is 2.12. The van der Waals surface area contributed by atoms with Gasteiger partial charge in [0.15, 0.2) is 5.65 Å². The molecule has 102 valence electrons. The monoisotopic (exact) mass is 266 g/mol. The Hall–Kier alpha value is -2.20. The Labute approximate surface area is 118 Å². The molecule has 4 heteroatoms. The van der Waals surface area contributed by atoms with E-state index in [1.807, 2.05) is 19.1 Å². The molecule has 0 aliphatic carbocycles. The minimum Gasteiger partial charge on any atom is -0.339 e. The number of nitrogens with two attached hydrogens (primary N) is 1. The van der Waals surface area contributed by atoms with E-state index in [1.165, 1.54) is 5.56 Å². The number of hydrogen-bond donors (Lipinski definition) is 2. The van der Waals surface area contributed by atoms with Gasteiger partial charge in [-0.15, -0.1) is 0 Å². The summed E-state index contributed by atoms with van der Waals surface area (Å²) in [6, 6.07) is 12.2. The predicted molar refractivity (Wildman–Crippen MR) is 80.3 cm³/mol. The second-order valence-corrected chi connectivity index (χ2v) is 5.08. The molecule has 2 aromatic heterocycles. The summed E-state index contributed by atoms with van der Waals surface area (Å²) in [5.41, 5.74) is 10.4. The van der Waals surface area contributed by atoms with Crippen LogP contribution in [0.15, 0.2) is 42.6 Å². The van der Waals surface area contributed by atoms with Crippen LogP contribution in [-0.2, 0) is 6.42 Å². The van der Waals surface area contributed by atoms with Gasteiger partial charge in [0.25, 0.3) is 0 Å². The number of nitrogens with one attached hydrogen (secondary N) is 1. The van der Waals surface area contributed by atoms with Crippen molar-refractivity contribution >= 4 is 11.2 Å². The molecule has 0 amide bonds. The van der Waals surface area contributed by atoms with Crippen LogP contribution in [0.2, 0.25) is 0 Å². The van der Waals surface area contributed by atoms with E-state index in [2.05, 4.69) is 39.2 Å². The number of benzene rings is 1. The zero-order valence-electron chi connectivity index (χ0n) is 11.5. The maximum absolute atomic E-state index is 6.24. The Balaban J connectivity index is 1.75. The van der Waals surface area contributed by atoms with Crippen LogP contribution in [-0.4, -0.2) is 15.0 Å². The average molecular weight is 266 g/mol. The van der Waals surface area contributed by atoms with Gasteiger partial charge in [-0.1, -0.05) is 30.3 Å². The van der Waals surface area contributed by atoms with E-state index in [9.17, 15) is 0 Å². The standard InChI is InChI=1S/C16H18N4/c1-11-9-10-18-16-14(11)19-15(20-16)13(17)8-7-12-5-3-2-4-6-12/h2-6,9-10,13H,7-8,17H2,1H3,(H,18,19,20). The zero-order chi connectivity index (χ0) is 13.9. The lowest BCUT2D eigenvalue weighted by molar-refractivity contribution is 0.621. The zero-order valence-corrected chi connectivity index (χ0v) is 11.5. The first kappa shape index (κ1) is 12.8. The van der Waals surface area contributed by atoms with Gasteiger partial charge in [-0.05, 0) is 37.0 Å². The summed E-state index contributed by atoms with van der Waals surface area (Å²) in [5.74, 6) is 0.817. The molecule has 20 heavy (non-hydrogen) atoms. The van der Waals surface area contributed by atoms with E-state index in [4.69, 9.17) is 5.73 Å². The maximum atomic E-state index is 6.24. The fourth-order valence-corrected chi connectivity index (χ4v) is 2.33. The van der Waals surface area contributed by atoms with Crippen molar-refractivity contribution in [2.75, 3.05) is 0 Å². The fourth-order valence-electron chi connectivity index (χ4n) is 2.33. The van der Waals surface area contributed by atoms with E-state index in [-0.39, 0.29) is 6.04 Å². The Kier molecular flexibility index (Phi) is 3.48. The molecule has 2 heterocycles. The van der Waals surface area contributed by atoms with Crippen molar-refractivity contribution in [1.29, 1.82) is 0 Å². The van der Waals surface area contributed by atoms with Crippen molar-refractivity contribution < 1.29 is 0 Å². The van der Waals surface area contributed by atoms with E-state index >= 15 is 0 Å². The van der Waals surface area contributed by atoms with Gasteiger partial charge in [0.05, 0.1) is 11.6 Å². The normalized spacial score (nSPS) is 12.7. The van der Waals surface area contributed by atoms with Crippen LogP contribution in [0.25, 0.3) is 11.2 Å². The lowest BCUT2D eigenvalue weighted by Gasteiger charge is -2.08. The third kappa shape index (κ3) is 2.56. The van der Waals surface area contributed by atoms with Crippen LogP contribution in [0.1, 0.15) is 29.4 Å². The quantitative estimate of drug-likeness (QED) is 0.763. The SMILES string of the molecule is Cc1ccnc2nc(C(N)CCc3ccccc3)[nH]c12. The Bertz CT molecular complexity index is 703. The van der Waals surface area contributed by atoms with Crippen LogP contribution >= 0.6 is 0 Å². The fraction of sp³-hybridized carbons (Fsp3) is 0.250. The molecule has 0 radical (unpaired) electrons. The first-order valence-corrected chi connectivity index (χ1v) is 6.85. The summed E-state index contributed by atoms with van der Waals surface area (Å²) >= 11 is 0. The van der Waals surface area contributed by atoms with Gasteiger partial charge in [-0.25, -0.2) is 9.97 Å². The highest BCUT2D eigenvalue weighted by atomic mass is 15.0. The van der Waals surface area contributed by atoms with Gasteiger partial charge in [0, 0.05) is 6.20 Å². The minimum atomic E-state index is -0.0937. The number of aryl methyl sites for hydroxylation is 2. The Morgan fingerprint density at radius 1 is 1.20 bits per heavy atom. The number of imidazole rings is 1. The van der Waals surface area contributed by atoms with E-state index in [0.29, 0.717) is 0 Å². The molecule has 0 aliphatic rings. The van der Waals surface area contributed by atoms with Crippen molar-refractivity contribution in [2.24, 2.45) is 5.73 Å². The average Bonchev–Trinajstić information content (AvgIpc) is 2.91. The third-order valence-electron chi connectivity index (χ3n) is 3.56. The number of fused-ring (bicyclic) bond motifs is 1. The maximum Gasteiger partial charge on any atom is 0.178 e. The van der Waals surface area contributed by atoms with Crippen molar-refractivity contribution in [1.82, 2.24) is 15.0 Å². The molecule has 0 spiro atoms. The Morgan fingerprint density at radius 3 is 2.75 bits per heavy atom. The first-order valence-electron chi connectivity index (χ1n) is 6.85. The molecule has 0 aliphatic heterocycles. The molecule has 0 bridgehead atoms. The number of H-pyrrole nitrogens is 1. The number of rotatable bonds is 4. The molecule has 0 saturated carbocycles. The van der Waals surface area contributed by atoms with E-state index < -0.39 is 0 Å². The number of nitrogens with zero attached hydrogens (tertiary/aromatic N) is 2. The smallest absolute Gasteiger partial charge is 0.178 e. The summed E-state index contributed by atoms with van der Waals surface area (Å²) in [5, 5.41) is 0. The number of hydrogen-bond acceptors (Lipinski definition) is 3. The third-order valence-corrected chi connectivity index (χ3v) is 3.56. The minimum absolute atomic E-state index is 0.0937. The van der Waals surface area contributed by atoms with Crippen LogP contribution in [0.3, 0.4) is 0 Å². The van der Waals surface area contributed by atoms with E-state index in [1.54, 1.807) is 6.20 Å². The van der Waals surface area contributed by atoms with Crippen LogP contribution in [0.4, 0.5) is 0 Å². The van der Waals surface area contributed by atoms with Crippen molar-refractivity contribution in [3.63, 3.8) is 0 Å². The van der Waals surface area contributed by atoms with E-state index in [0.717, 1.165) is 35.4 Å². The molecule has 0 saturated heterocycles. The molecule has 4 nitrogen and oxygen atoms in total. The second kappa shape index (κ2) is 5.43. The largest absolute Gasteiger partial charge is 0.339 e.